The van der Waals surface area contributed by atoms with Crippen molar-refractivity contribution in [2.24, 2.45) is 21.1 Å². The molecule has 0 radical (unpaired) electrons. The number of anilines is 4. The van der Waals surface area contributed by atoms with E-state index in [9.17, 15) is 65.5 Å². The largest absolute Gasteiger partial charge is 0.377 e. The molecule has 0 bridgehead atoms. The number of aromatic nitrogens is 9. The van der Waals surface area contributed by atoms with Crippen LogP contribution in [0.4, 0.5) is 36.1 Å². The fraction of sp³-hybridized carbons (Fsp3) is 0.272. The molecule has 5 aliphatic rings. The summed E-state index contributed by atoms with van der Waals surface area (Å²) in [6.45, 7) is 9.07. The number of amides is 2. The maximum atomic E-state index is 15.3. The van der Waals surface area contributed by atoms with Crippen molar-refractivity contribution < 1.29 is 35.4 Å². The highest BCUT2D eigenvalue weighted by atomic mass is 127. The molecule has 27 nitrogen and oxygen atoms in total. The van der Waals surface area contributed by atoms with Crippen molar-refractivity contribution >= 4 is 146 Å². The molecule has 2 aliphatic heterocycles. The highest BCUT2D eigenvalue weighted by molar-refractivity contribution is 14.1. The summed E-state index contributed by atoms with van der Waals surface area (Å²) in [5.41, 5.74) is -2.74. The smallest absolute Gasteiger partial charge is 0.339 e. The Balaban J connectivity index is 0.000000136. The van der Waals surface area contributed by atoms with Crippen LogP contribution in [0.5, 0.6) is 5.75 Å². The Morgan fingerprint density at radius 2 is 0.904 bits per heavy atom. The lowest BCUT2D eigenvalue weighted by Gasteiger charge is -2.31. The highest BCUT2D eigenvalue weighted by Crippen LogP contribution is 2.39. The summed E-state index contributed by atoms with van der Waals surface area (Å²) in [6, 6.07) is 31.6. The maximum Gasteiger partial charge on any atom is 0.339 e. The number of halogens is 6. The van der Waals surface area contributed by atoms with Crippen LogP contribution in [0, 0.1) is 55.9 Å². The third-order valence-corrected chi connectivity index (χ3v) is 24.4. The van der Waals surface area contributed by atoms with Crippen LogP contribution in [0.25, 0.3) is 50.0 Å². The summed E-state index contributed by atoms with van der Waals surface area (Å²) >= 11 is 5.89. The normalized spacial score (nSPS) is 14.5. The Labute approximate surface area is 691 Å². The SMILES string of the molecule is Cc1c(=O)n(C)c(Nc2ccc(I)cc2F)c2c(=O)n(C3CC3)c(=O)n(-c3cccc(C(=O)N4CCC4)c3)c12.Cc1c(Nc2cccc(C(=O)N3CCC3)c2)c2c(=O)n(C3CC3)c(=O)n(-c3ccc(I)cc3F)c2n(C)c1=O.Cc1ccc(S(=O)(=O)Oc2c(C)c(=O)n(C)c3c2c(=O)n(C2CC2)c(=O)n3-c2ccc(I)cc2F)cc1. The third-order valence-electron chi connectivity index (χ3n) is 21.2. The molecule has 34 heteroatoms. The second kappa shape index (κ2) is 30.8. The fourth-order valence-corrected chi connectivity index (χ4v) is 16.7. The lowest BCUT2D eigenvalue weighted by molar-refractivity contribution is 0.0645. The van der Waals surface area contributed by atoms with Crippen LogP contribution in [-0.4, -0.2) is 97.3 Å². The third kappa shape index (κ3) is 14.5. The van der Waals surface area contributed by atoms with Crippen LogP contribution in [-0.2, 0) is 31.3 Å². The Kier molecular flexibility index (Phi) is 21.3. The maximum absolute atomic E-state index is 15.3. The molecule has 8 heterocycles. The van der Waals surface area contributed by atoms with E-state index in [-0.39, 0.29) is 107 Å². The van der Waals surface area contributed by atoms with E-state index < -0.39 is 89.8 Å². The second-order valence-electron chi connectivity index (χ2n) is 29.1. The van der Waals surface area contributed by atoms with Crippen molar-refractivity contribution in [2.75, 3.05) is 36.8 Å². The van der Waals surface area contributed by atoms with E-state index in [1.54, 1.807) is 109 Å². The van der Waals surface area contributed by atoms with Gasteiger partial charge in [0.15, 0.2) is 5.75 Å². The zero-order valence-electron chi connectivity index (χ0n) is 62.7. The van der Waals surface area contributed by atoms with Gasteiger partial charge in [0.2, 0.25) is 0 Å². The first-order valence-electron chi connectivity index (χ1n) is 36.7. The van der Waals surface area contributed by atoms with Crippen molar-refractivity contribution in [3.63, 3.8) is 0 Å². The number of nitrogens with zero attached hydrogens (tertiary/aromatic N) is 11. The minimum Gasteiger partial charge on any atom is -0.377 e. The van der Waals surface area contributed by atoms with E-state index >= 15 is 8.78 Å². The van der Waals surface area contributed by atoms with Gasteiger partial charge in [0.05, 0.1) is 39.5 Å². The quantitative estimate of drug-likeness (QED) is 0.0712. The molecule has 0 atom stereocenters. The molecule has 592 valence electrons. The van der Waals surface area contributed by atoms with Gasteiger partial charge in [-0.25, -0.2) is 36.7 Å². The summed E-state index contributed by atoms with van der Waals surface area (Å²) in [7, 11) is -0.165. The number of pyridine rings is 3. The molecule has 6 aromatic heterocycles. The van der Waals surface area contributed by atoms with Gasteiger partial charge in [-0.3, -0.25) is 70.3 Å². The van der Waals surface area contributed by atoms with E-state index in [4.69, 9.17) is 4.18 Å². The Bertz CT molecular complexity index is 6930. The first kappa shape index (κ1) is 79.5. The predicted molar refractivity (Wildman–Crippen MR) is 454 cm³/mol. The molecule has 17 rings (SSSR count). The summed E-state index contributed by atoms with van der Waals surface area (Å²) in [5, 5.41) is 6.04. The molecule has 2 amide bonds. The molecule has 3 saturated carbocycles. The fourth-order valence-electron chi connectivity index (χ4n) is 14.4. The molecular weight excluding hydrogens is 1850 g/mol. The van der Waals surface area contributed by atoms with Gasteiger partial charge in [-0.2, -0.15) is 8.42 Å². The summed E-state index contributed by atoms with van der Waals surface area (Å²) in [6.07, 6.45) is 5.69. The molecule has 3 aliphatic carbocycles. The predicted octanol–water partition coefficient (Wildman–Crippen LogP) is 11.0. The van der Waals surface area contributed by atoms with Gasteiger partial charge in [-0.05, 0) is 250 Å². The van der Waals surface area contributed by atoms with Gasteiger partial charge in [0.25, 0.3) is 45.2 Å². The number of fused-ring (bicyclic) bond motifs is 3. The first-order chi connectivity index (χ1) is 54.8. The average molecular weight is 1920 g/mol. The van der Waals surface area contributed by atoms with Gasteiger partial charge in [0.1, 0.15) is 55.6 Å². The standard InChI is InChI=1S/2C28H25FIN5O4.C25H21FIN3O6S/c1-15-23-22(24(32(2)25(15)36)31-21-10-7-17(30)14-20(21)29)27(38)35(18-8-9-18)28(39)34(23)19-6-3-5-16(13-19)26(37)33-11-4-12-33;1-15-23(31-18-6-3-5-16(13-18)26(37)33-11-4-12-33)22-24(32(2)25(15)36)35(21-10-7-17(30)14-20(21)29)28(39)34(27(22)38)19-8-9-19;1-13-4-9-17(10-5-13)37(34,35)36-21-14(2)23(31)28(3)22-20(21)24(32)29(16-7-8-16)25(33)30(22)19-11-6-15(27)12-18(19)26/h3,5-7,10,13-14,18,31H,4,8-9,11-12H2,1-2H3;3,5-7,10,13-14,19,31H,4,8-9,11-12H2,1-2H3;4-6,9-12,16H,7-8H2,1-3H3. The van der Waals surface area contributed by atoms with Crippen molar-refractivity contribution in [3.8, 4) is 22.8 Å². The van der Waals surface area contributed by atoms with Crippen molar-refractivity contribution in [3.05, 3.63) is 283 Å². The second-order valence-corrected chi connectivity index (χ2v) is 34.3. The number of hydrogen-bond donors (Lipinski definition) is 2. The van der Waals surface area contributed by atoms with Crippen LogP contribution < -0.4 is 65.2 Å². The zero-order chi connectivity index (χ0) is 82.0. The van der Waals surface area contributed by atoms with Crippen molar-refractivity contribution in [1.82, 2.24) is 50.9 Å². The molecule has 115 heavy (non-hydrogen) atoms. The highest BCUT2D eigenvalue weighted by Gasteiger charge is 2.37. The number of nitrogens with one attached hydrogen (secondary N) is 2. The lowest BCUT2D eigenvalue weighted by Crippen LogP contribution is -2.42. The van der Waals surface area contributed by atoms with E-state index in [0.717, 1.165) is 36.7 Å². The number of rotatable bonds is 15. The van der Waals surface area contributed by atoms with Gasteiger partial charge in [-0.1, -0.05) is 29.8 Å². The number of carbonyl (C=O) groups is 2. The van der Waals surface area contributed by atoms with Gasteiger partial charge in [0, 0.05) is 104 Å². The van der Waals surface area contributed by atoms with Gasteiger partial charge >= 0.3 is 27.2 Å². The summed E-state index contributed by atoms with van der Waals surface area (Å²) < 4.78 is 89.3. The van der Waals surface area contributed by atoms with Crippen LogP contribution in [0.15, 0.2) is 175 Å². The lowest BCUT2D eigenvalue weighted by atomic mass is 10.1. The molecule has 6 aromatic carbocycles. The van der Waals surface area contributed by atoms with Crippen LogP contribution >= 0.6 is 67.8 Å². The number of aryl methyl sites for hydroxylation is 4. The number of benzene rings is 6. The molecular formula is C81H71F3I3N13O14S. The minimum atomic E-state index is -4.47. The van der Waals surface area contributed by atoms with Gasteiger partial charge < -0.3 is 24.6 Å². The van der Waals surface area contributed by atoms with Crippen LogP contribution in [0.3, 0.4) is 0 Å². The monoisotopic (exact) mass is 1920 g/mol. The topological polar surface area (TPSA) is 306 Å². The summed E-state index contributed by atoms with van der Waals surface area (Å²) in [4.78, 5) is 152. The average Bonchev–Trinajstić information content (AvgIpc) is 1.72. The van der Waals surface area contributed by atoms with Gasteiger partial charge in [-0.15, -0.1) is 0 Å². The minimum absolute atomic E-state index is 0.00656. The zero-order valence-corrected chi connectivity index (χ0v) is 69.9. The number of hydrogen-bond acceptors (Lipinski definition) is 16. The molecule has 2 saturated heterocycles. The Morgan fingerprint density at radius 1 is 0.461 bits per heavy atom. The van der Waals surface area contributed by atoms with Crippen molar-refractivity contribution in [2.45, 2.75) is 102 Å². The van der Waals surface area contributed by atoms with E-state index in [1.807, 2.05) is 67.8 Å². The van der Waals surface area contributed by atoms with E-state index in [2.05, 4.69) is 10.6 Å². The molecule has 2 N–H and O–H groups in total. The van der Waals surface area contributed by atoms with Crippen LogP contribution in [0.1, 0.15) is 112 Å². The molecule has 12 aromatic rings. The number of carbonyl (C=O) groups excluding carboxylic acids is 2. The first-order valence-corrected chi connectivity index (χ1v) is 41.3. The Hall–Kier alpha value is -10.7. The molecule has 0 spiro atoms. The van der Waals surface area contributed by atoms with Crippen molar-refractivity contribution in [1.29, 1.82) is 0 Å². The van der Waals surface area contributed by atoms with Crippen LogP contribution in [0.2, 0.25) is 0 Å². The summed E-state index contributed by atoms with van der Waals surface area (Å²) in [5.74, 6) is -2.57. The van der Waals surface area contributed by atoms with E-state index in [0.29, 0.717) is 97.9 Å². The molecule has 5 fully saturated rings. The Morgan fingerprint density at radius 3 is 1.39 bits per heavy atom. The molecule has 0 unspecified atom stereocenters. The number of likely N-dealkylation sites (tertiary alicyclic amines) is 2. The van der Waals surface area contributed by atoms with E-state index in [1.165, 1.54) is 99.4 Å².